The molecule has 2 rings (SSSR count). The minimum Gasteiger partial charge on any atom is -0.497 e. The first-order valence-electron chi connectivity index (χ1n) is 6.17. The van der Waals surface area contributed by atoms with E-state index in [1.54, 1.807) is 27.5 Å². The number of benzene rings is 2. The summed E-state index contributed by atoms with van der Waals surface area (Å²) in [5.74, 6) is 2.20. The van der Waals surface area contributed by atoms with E-state index in [0.717, 1.165) is 17.0 Å². The van der Waals surface area contributed by atoms with Crippen LogP contribution in [-0.2, 0) is 0 Å². The second kappa shape index (κ2) is 6.61. The molecule has 0 amide bonds. The van der Waals surface area contributed by atoms with Crippen LogP contribution in [0.15, 0.2) is 47.5 Å². The molecule has 0 radical (unpaired) electrons. The molecule has 0 aromatic heterocycles. The van der Waals surface area contributed by atoms with Crippen molar-refractivity contribution in [3.63, 3.8) is 0 Å². The quantitative estimate of drug-likeness (QED) is 0.782. The molecule has 0 heterocycles. The minimum atomic E-state index is 0.686. The van der Waals surface area contributed by atoms with Gasteiger partial charge in [-0.2, -0.15) is 0 Å². The van der Waals surface area contributed by atoms with Crippen molar-refractivity contribution in [1.82, 2.24) is 0 Å². The van der Waals surface area contributed by atoms with Crippen molar-refractivity contribution in [2.45, 2.75) is 0 Å². The standard InChI is InChI=1S/C16H17NO3/c1-18-14-7-5-13(6-8-14)17-11-12-4-9-15(19-2)16(10-12)20-3/h4-11H,1-3H3. The molecule has 0 N–H and O–H groups in total. The largest absolute Gasteiger partial charge is 0.497 e. The molecule has 2 aromatic rings. The molecule has 2 aromatic carbocycles. The second-order valence-electron chi connectivity index (χ2n) is 4.07. The number of hydrogen-bond donors (Lipinski definition) is 0. The van der Waals surface area contributed by atoms with Crippen LogP contribution in [-0.4, -0.2) is 27.5 Å². The van der Waals surface area contributed by atoms with Crippen molar-refractivity contribution in [1.29, 1.82) is 0 Å². The molecule has 0 aliphatic rings. The van der Waals surface area contributed by atoms with Crippen LogP contribution in [0.2, 0.25) is 0 Å². The van der Waals surface area contributed by atoms with Crippen LogP contribution < -0.4 is 14.2 Å². The van der Waals surface area contributed by atoms with E-state index in [4.69, 9.17) is 14.2 Å². The van der Waals surface area contributed by atoms with Gasteiger partial charge in [0, 0.05) is 6.21 Å². The third-order valence-electron chi connectivity index (χ3n) is 2.84. The van der Waals surface area contributed by atoms with Crippen LogP contribution in [0, 0.1) is 0 Å². The Kier molecular flexibility index (Phi) is 4.60. The van der Waals surface area contributed by atoms with E-state index < -0.39 is 0 Å². The van der Waals surface area contributed by atoms with Gasteiger partial charge in [-0.1, -0.05) is 0 Å². The van der Waals surface area contributed by atoms with Crippen LogP contribution in [0.3, 0.4) is 0 Å². The van der Waals surface area contributed by atoms with E-state index in [-0.39, 0.29) is 0 Å². The molecule has 0 atom stereocenters. The molecular weight excluding hydrogens is 254 g/mol. The third kappa shape index (κ3) is 3.29. The van der Waals surface area contributed by atoms with Crippen LogP contribution in [0.1, 0.15) is 5.56 Å². The van der Waals surface area contributed by atoms with Crippen LogP contribution >= 0.6 is 0 Å². The van der Waals surface area contributed by atoms with Gasteiger partial charge in [-0.25, -0.2) is 0 Å². The van der Waals surface area contributed by atoms with Crippen molar-refractivity contribution in [2.75, 3.05) is 21.3 Å². The van der Waals surface area contributed by atoms with Gasteiger partial charge in [0.2, 0.25) is 0 Å². The van der Waals surface area contributed by atoms with Gasteiger partial charge in [0.05, 0.1) is 27.0 Å². The van der Waals surface area contributed by atoms with Crippen molar-refractivity contribution in [3.8, 4) is 17.2 Å². The summed E-state index contributed by atoms with van der Waals surface area (Å²) < 4.78 is 15.6. The summed E-state index contributed by atoms with van der Waals surface area (Å²) >= 11 is 0. The lowest BCUT2D eigenvalue weighted by atomic mass is 10.2. The third-order valence-corrected chi connectivity index (χ3v) is 2.84. The van der Waals surface area contributed by atoms with E-state index in [1.807, 2.05) is 42.5 Å². The molecule has 0 aliphatic carbocycles. The number of hydrogen-bond acceptors (Lipinski definition) is 4. The number of nitrogens with zero attached hydrogens (tertiary/aromatic N) is 1. The van der Waals surface area contributed by atoms with Crippen molar-refractivity contribution >= 4 is 11.9 Å². The first kappa shape index (κ1) is 13.9. The molecule has 20 heavy (non-hydrogen) atoms. The fraction of sp³-hybridized carbons (Fsp3) is 0.188. The Bertz CT molecular complexity index is 591. The van der Waals surface area contributed by atoms with Gasteiger partial charge in [0.25, 0.3) is 0 Å². The summed E-state index contributed by atoms with van der Waals surface area (Å²) in [7, 11) is 4.87. The minimum absolute atomic E-state index is 0.686. The summed E-state index contributed by atoms with van der Waals surface area (Å²) in [6, 6.07) is 13.2. The smallest absolute Gasteiger partial charge is 0.161 e. The Morgan fingerprint density at radius 2 is 1.50 bits per heavy atom. The Morgan fingerprint density at radius 1 is 0.800 bits per heavy atom. The topological polar surface area (TPSA) is 40.0 Å². The van der Waals surface area contributed by atoms with E-state index >= 15 is 0 Å². The highest BCUT2D eigenvalue weighted by atomic mass is 16.5. The molecule has 0 aliphatic heterocycles. The average molecular weight is 271 g/mol. The van der Waals surface area contributed by atoms with Gasteiger partial charge in [0.15, 0.2) is 11.5 Å². The highest BCUT2D eigenvalue weighted by Crippen LogP contribution is 2.27. The molecule has 0 fully saturated rings. The number of methoxy groups -OCH3 is 3. The lowest BCUT2D eigenvalue weighted by Crippen LogP contribution is -1.91. The maximum absolute atomic E-state index is 5.26. The predicted molar refractivity (Wildman–Crippen MR) is 79.8 cm³/mol. The zero-order chi connectivity index (χ0) is 14.4. The molecule has 4 heteroatoms. The lowest BCUT2D eigenvalue weighted by molar-refractivity contribution is 0.355. The lowest BCUT2D eigenvalue weighted by Gasteiger charge is -2.07. The maximum atomic E-state index is 5.26. The first-order chi connectivity index (χ1) is 9.76. The zero-order valence-electron chi connectivity index (χ0n) is 11.8. The number of rotatable bonds is 5. The molecule has 0 unspecified atom stereocenters. The second-order valence-corrected chi connectivity index (χ2v) is 4.07. The Hall–Kier alpha value is -2.49. The van der Waals surface area contributed by atoms with E-state index in [9.17, 15) is 0 Å². The Labute approximate surface area is 118 Å². The number of aliphatic imine (C=N–C) groups is 1. The summed E-state index contributed by atoms with van der Waals surface area (Å²) in [5, 5.41) is 0. The van der Waals surface area contributed by atoms with Gasteiger partial charge < -0.3 is 14.2 Å². The van der Waals surface area contributed by atoms with Crippen LogP contribution in [0.5, 0.6) is 17.2 Å². The fourth-order valence-electron chi connectivity index (χ4n) is 1.75. The van der Waals surface area contributed by atoms with Crippen molar-refractivity contribution in [2.24, 2.45) is 4.99 Å². The summed E-state index contributed by atoms with van der Waals surface area (Å²) in [4.78, 5) is 4.41. The van der Waals surface area contributed by atoms with Crippen LogP contribution in [0.25, 0.3) is 0 Å². The summed E-state index contributed by atoms with van der Waals surface area (Å²) in [6.07, 6.45) is 1.78. The molecular formula is C16H17NO3. The van der Waals surface area contributed by atoms with Crippen LogP contribution in [0.4, 0.5) is 5.69 Å². The molecule has 104 valence electrons. The monoisotopic (exact) mass is 271 g/mol. The molecule has 0 spiro atoms. The maximum Gasteiger partial charge on any atom is 0.161 e. The van der Waals surface area contributed by atoms with Gasteiger partial charge in [-0.15, -0.1) is 0 Å². The van der Waals surface area contributed by atoms with E-state index in [1.165, 1.54) is 0 Å². The highest BCUT2D eigenvalue weighted by molar-refractivity contribution is 5.83. The van der Waals surface area contributed by atoms with E-state index in [2.05, 4.69) is 4.99 Å². The van der Waals surface area contributed by atoms with Gasteiger partial charge in [-0.3, -0.25) is 4.99 Å². The molecule has 0 saturated heterocycles. The molecule has 4 nitrogen and oxygen atoms in total. The van der Waals surface area contributed by atoms with Crippen molar-refractivity contribution in [3.05, 3.63) is 48.0 Å². The van der Waals surface area contributed by atoms with Gasteiger partial charge in [0.1, 0.15) is 5.75 Å². The first-order valence-corrected chi connectivity index (χ1v) is 6.17. The predicted octanol–water partition coefficient (Wildman–Crippen LogP) is 3.46. The highest BCUT2D eigenvalue weighted by Gasteiger charge is 2.02. The molecule has 0 bridgehead atoms. The van der Waals surface area contributed by atoms with E-state index in [0.29, 0.717) is 11.5 Å². The molecule has 0 saturated carbocycles. The summed E-state index contributed by atoms with van der Waals surface area (Å²) in [6.45, 7) is 0. The average Bonchev–Trinajstić information content (AvgIpc) is 2.53. The van der Waals surface area contributed by atoms with Gasteiger partial charge in [-0.05, 0) is 48.0 Å². The normalized spacial score (nSPS) is 10.6. The number of ether oxygens (including phenoxy) is 3. The Balaban J connectivity index is 2.17. The summed E-state index contributed by atoms with van der Waals surface area (Å²) in [5.41, 5.74) is 1.80. The van der Waals surface area contributed by atoms with Crippen molar-refractivity contribution < 1.29 is 14.2 Å². The fourth-order valence-corrected chi connectivity index (χ4v) is 1.75. The van der Waals surface area contributed by atoms with Gasteiger partial charge >= 0.3 is 0 Å². The zero-order valence-corrected chi connectivity index (χ0v) is 11.8. The Morgan fingerprint density at radius 3 is 2.10 bits per heavy atom. The SMILES string of the molecule is COc1ccc(N=Cc2ccc(OC)c(OC)c2)cc1.